The third kappa shape index (κ3) is 5.12. The van der Waals surface area contributed by atoms with E-state index in [9.17, 15) is 4.79 Å². The standard InChI is InChI=1S/C23H28N4O2/c1-3-29-22-8-6-20(7-9-22)27(23(28)19-5-4-14-25-17-19)21-11-15-26(16-12-21)18(2)10-13-24/h4-9,14,17-18,21H,3,10-12,15-16H2,1-2H3. The number of nitrogens with zero attached hydrogens (tertiary/aromatic N) is 4. The molecule has 3 rings (SSSR count). The number of pyridine rings is 1. The van der Waals surface area contributed by atoms with Crippen LogP contribution in [0.1, 0.15) is 43.5 Å². The van der Waals surface area contributed by atoms with Crippen LogP contribution in [-0.4, -0.2) is 47.6 Å². The van der Waals surface area contributed by atoms with E-state index in [0.717, 1.165) is 37.4 Å². The van der Waals surface area contributed by atoms with Crippen LogP contribution in [-0.2, 0) is 0 Å². The van der Waals surface area contributed by atoms with Gasteiger partial charge in [0, 0.05) is 43.3 Å². The molecule has 1 aliphatic heterocycles. The van der Waals surface area contributed by atoms with Gasteiger partial charge in [0.1, 0.15) is 5.75 Å². The van der Waals surface area contributed by atoms with E-state index in [1.54, 1.807) is 24.5 Å². The van der Waals surface area contributed by atoms with Gasteiger partial charge in [-0.05, 0) is 63.1 Å². The number of hydrogen-bond acceptors (Lipinski definition) is 5. The minimum Gasteiger partial charge on any atom is -0.494 e. The van der Waals surface area contributed by atoms with E-state index in [1.165, 1.54) is 0 Å². The van der Waals surface area contributed by atoms with E-state index in [0.29, 0.717) is 18.6 Å². The predicted molar refractivity (Wildman–Crippen MR) is 113 cm³/mol. The summed E-state index contributed by atoms with van der Waals surface area (Å²) in [6.07, 6.45) is 5.56. The van der Waals surface area contributed by atoms with Crippen molar-refractivity contribution in [1.29, 1.82) is 5.26 Å². The lowest BCUT2D eigenvalue weighted by Crippen LogP contribution is -2.49. The molecule has 0 aliphatic carbocycles. The highest BCUT2D eigenvalue weighted by Gasteiger charge is 2.31. The fourth-order valence-electron chi connectivity index (χ4n) is 3.84. The third-order valence-corrected chi connectivity index (χ3v) is 5.43. The van der Waals surface area contributed by atoms with Crippen LogP contribution in [0.3, 0.4) is 0 Å². The Balaban J connectivity index is 1.82. The number of aromatic nitrogens is 1. The Bertz CT molecular complexity index is 824. The summed E-state index contributed by atoms with van der Waals surface area (Å²) in [4.78, 5) is 21.7. The molecule has 2 heterocycles. The van der Waals surface area contributed by atoms with Crippen molar-refractivity contribution in [2.45, 2.75) is 45.2 Å². The van der Waals surface area contributed by atoms with Crippen LogP contribution < -0.4 is 9.64 Å². The van der Waals surface area contributed by atoms with Gasteiger partial charge in [-0.15, -0.1) is 0 Å². The summed E-state index contributed by atoms with van der Waals surface area (Å²) in [5.41, 5.74) is 1.45. The highest BCUT2D eigenvalue weighted by Crippen LogP contribution is 2.28. The fourth-order valence-corrected chi connectivity index (χ4v) is 3.84. The second-order valence-corrected chi connectivity index (χ2v) is 7.32. The maximum absolute atomic E-state index is 13.4. The molecule has 1 unspecified atom stereocenters. The molecule has 1 amide bonds. The maximum atomic E-state index is 13.4. The molecular weight excluding hydrogens is 364 g/mol. The third-order valence-electron chi connectivity index (χ3n) is 5.43. The average Bonchev–Trinajstić information content (AvgIpc) is 2.76. The molecule has 6 heteroatoms. The lowest BCUT2D eigenvalue weighted by Gasteiger charge is -2.40. The van der Waals surface area contributed by atoms with Gasteiger partial charge in [-0.1, -0.05) is 0 Å². The van der Waals surface area contributed by atoms with E-state index in [-0.39, 0.29) is 18.0 Å². The lowest BCUT2D eigenvalue weighted by atomic mass is 9.99. The molecule has 2 aromatic rings. The van der Waals surface area contributed by atoms with Crippen molar-refractivity contribution < 1.29 is 9.53 Å². The van der Waals surface area contributed by atoms with Gasteiger partial charge in [0.05, 0.1) is 24.7 Å². The summed E-state index contributed by atoms with van der Waals surface area (Å²) in [5.74, 6) is 0.760. The van der Waals surface area contributed by atoms with Gasteiger partial charge in [-0.25, -0.2) is 0 Å². The van der Waals surface area contributed by atoms with Gasteiger partial charge in [0.15, 0.2) is 0 Å². The fraction of sp³-hybridized carbons (Fsp3) is 0.435. The molecule has 0 bridgehead atoms. The minimum atomic E-state index is -0.0363. The van der Waals surface area contributed by atoms with Gasteiger partial charge in [-0.3, -0.25) is 14.7 Å². The zero-order chi connectivity index (χ0) is 20.6. The van der Waals surface area contributed by atoms with Crippen molar-refractivity contribution in [3.05, 3.63) is 54.4 Å². The van der Waals surface area contributed by atoms with Crippen LogP contribution in [0.2, 0.25) is 0 Å². The van der Waals surface area contributed by atoms with Crippen molar-refractivity contribution in [3.63, 3.8) is 0 Å². The van der Waals surface area contributed by atoms with Crippen molar-refractivity contribution in [2.24, 2.45) is 0 Å². The molecule has 1 aromatic heterocycles. The van der Waals surface area contributed by atoms with E-state index >= 15 is 0 Å². The van der Waals surface area contributed by atoms with Gasteiger partial charge in [0.2, 0.25) is 0 Å². The molecule has 1 aromatic carbocycles. The first-order valence-corrected chi connectivity index (χ1v) is 10.2. The summed E-state index contributed by atoms with van der Waals surface area (Å²) in [7, 11) is 0. The first-order valence-electron chi connectivity index (χ1n) is 10.2. The first-order chi connectivity index (χ1) is 14.1. The van der Waals surface area contributed by atoms with Crippen LogP contribution in [0, 0.1) is 11.3 Å². The highest BCUT2D eigenvalue weighted by molar-refractivity contribution is 6.06. The Labute approximate surface area is 172 Å². The molecular formula is C23H28N4O2. The predicted octanol–water partition coefficient (Wildman–Crippen LogP) is 3.89. The zero-order valence-electron chi connectivity index (χ0n) is 17.1. The number of amides is 1. The van der Waals surface area contributed by atoms with Crippen LogP contribution in [0.5, 0.6) is 5.75 Å². The second kappa shape index (κ2) is 10.0. The van der Waals surface area contributed by atoms with Gasteiger partial charge in [0.25, 0.3) is 5.91 Å². The van der Waals surface area contributed by atoms with Gasteiger partial charge in [-0.2, -0.15) is 5.26 Å². The Morgan fingerprint density at radius 1 is 1.31 bits per heavy atom. The molecule has 152 valence electrons. The van der Waals surface area contributed by atoms with E-state index in [4.69, 9.17) is 10.00 Å². The van der Waals surface area contributed by atoms with Crippen molar-refractivity contribution in [1.82, 2.24) is 9.88 Å². The van der Waals surface area contributed by atoms with Gasteiger partial charge >= 0.3 is 0 Å². The van der Waals surface area contributed by atoms with Crippen molar-refractivity contribution >= 4 is 11.6 Å². The van der Waals surface area contributed by atoms with Crippen molar-refractivity contribution in [3.8, 4) is 11.8 Å². The number of likely N-dealkylation sites (tertiary alicyclic amines) is 1. The highest BCUT2D eigenvalue weighted by atomic mass is 16.5. The smallest absolute Gasteiger partial charge is 0.260 e. The number of ether oxygens (including phenoxy) is 1. The number of hydrogen-bond donors (Lipinski definition) is 0. The molecule has 1 fully saturated rings. The number of rotatable bonds is 7. The normalized spacial score (nSPS) is 16.0. The number of piperidine rings is 1. The van der Waals surface area contributed by atoms with Crippen LogP contribution in [0.25, 0.3) is 0 Å². The van der Waals surface area contributed by atoms with Crippen LogP contribution in [0.4, 0.5) is 5.69 Å². The molecule has 6 nitrogen and oxygen atoms in total. The summed E-state index contributed by atoms with van der Waals surface area (Å²) in [5, 5.41) is 8.97. The van der Waals surface area contributed by atoms with Crippen LogP contribution >= 0.6 is 0 Å². The largest absolute Gasteiger partial charge is 0.494 e. The Kier molecular flexibility index (Phi) is 7.20. The second-order valence-electron chi connectivity index (χ2n) is 7.32. The Hall–Kier alpha value is -2.91. The van der Waals surface area contributed by atoms with Crippen LogP contribution in [0.15, 0.2) is 48.8 Å². The van der Waals surface area contributed by atoms with E-state index in [1.807, 2.05) is 36.1 Å². The SMILES string of the molecule is CCOc1ccc(N(C(=O)c2cccnc2)C2CCN(C(C)CC#N)CC2)cc1. The molecule has 1 atom stereocenters. The maximum Gasteiger partial charge on any atom is 0.260 e. The van der Waals surface area contributed by atoms with Crippen molar-refractivity contribution in [2.75, 3.05) is 24.6 Å². The monoisotopic (exact) mass is 392 g/mol. The number of benzene rings is 1. The average molecular weight is 393 g/mol. The molecule has 1 aliphatic rings. The quantitative estimate of drug-likeness (QED) is 0.715. The topological polar surface area (TPSA) is 69.5 Å². The molecule has 29 heavy (non-hydrogen) atoms. The molecule has 0 spiro atoms. The lowest BCUT2D eigenvalue weighted by molar-refractivity contribution is 0.0950. The summed E-state index contributed by atoms with van der Waals surface area (Å²) >= 11 is 0. The van der Waals surface area contributed by atoms with Gasteiger partial charge < -0.3 is 9.64 Å². The molecule has 0 radical (unpaired) electrons. The minimum absolute atomic E-state index is 0.0363. The number of carbonyl (C=O) groups is 1. The van der Waals surface area contributed by atoms with E-state index in [2.05, 4.69) is 22.9 Å². The number of carbonyl (C=O) groups excluding carboxylic acids is 1. The number of anilines is 1. The first kappa shape index (κ1) is 20.8. The molecule has 1 saturated heterocycles. The Morgan fingerprint density at radius 3 is 2.62 bits per heavy atom. The summed E-state index contributed by atoms with van der Waals surface area (Å²) < 4.78 is 5.55. The number of nitriles is 1. The Morgan fingerprint density at radius 2 is 2.03 bits per heavy atom. The summed E-state index contributed by atoms with van der Waals surface area (Å²) in [6.45, 7) is 6.40. The zero-order valence-corrected chi connectivity index (χ0v) is 17.1. The molecule has 0 saturated carbocycles. The summed E-state index contributed by atoms with van der Waals surface area (Å²) in [6, 6.07) is 13.9. The molecule has 0 N–H and O–H groups in total. The van der Waals surface area contributed by atoms with E-state index < -0.39 is 0 Å².